The number of aromatic nitrogens is 1. The zero-order chi connectivity index (χ0) is 21.4. The third kappa shape index (κ3) is 4.70. The van der Waals surface area contributed by atoms with E-state index < -0.39 is 0 Å². The number of nitrogens with zero attached hydrogens (tertiary/aromatic N) is 2. The van der Waals surface area contributed by atoms with Crippen molar-refractivity contribution >= 4 is 11.9 Å². The maximum Gasteiger partial charge on any atom is 0.0630 e. The molecule has 2 nitrogen and oxygen atoms in total. The van der Waals surface area contributed by atoms with Crippen LogP contribution in [0, 0.1) is 13.8 Å². The van der Waals surface area contributed by atoms with Crippen LogP contribution in [0.4, 0.5) is 5.69 Å². The van der Waals surface area contributed by atoms with Crippen molar-refractivity contribution in [2.24, 2.45) is 4.99 Å². The Hall–Kier alpha value is -2.61. The fraction of sp³-hybridized carbons (Fsp3) is 0.370. The predicted molar refractivity (Wildman–Crippen MR) is 126 cm³/mol. The molecule has 0 radical (unpaired) electrons. The van der Waals surface area contributed by atoms with E-state index in [4.69, 9.17) is 4.99 Å². The van der Waals surface area contributed by atoms with Crippen LogP contribution in [-0.2, 0) is 10.8 Å². The van der Waals surface area contributed by atoms with Gasteiger partial charge in [0.25, 0.3) is 0 Å². The second kappa shape index (κ2) is 7.67. The summed E-state index contributed by atoms with van der Waals surface area (Å²) in [7, 11) is 0. The Morgan fingerprint density at radius 1 is 0.724 bits per heavy atom. The van der Waals surface area contributed by atoms with E-state index in [9.17, 15) is 0 Å². The van der Waals surface area contributed by atoms with Crippen LogP contribution in [0.25, 0.3) is 5.69 Å². The van der Waals surface area contributed by atoms with Gasteiger partial charge in [-0.2, -0.15) is 0 Å². The summed E-state index contributed by atoms with van der Waals surface area (Å²) in [6.45, 7) is 17.7. The molecule has 1 heterocycles. The van der Waals surface area contributed by atoms with Gasteiger partial charge in [-0.25, -0.2) is 0 Å². The molecule has 0 saturated heterocycles. The smallest absolute Gasteiger partial charge is 0.0630 e. The van der Waals surface area contributed by atoms with Gasteiger partial charge in [0.2, 0.25) is 0 Å². The highest BCUT2D eigenvalue weighted by Crippen LogP contribution is 2.27. The average molecular weight is 387 g/mol. The van der Waals surface area contributed by atoms with E-state index in [1.165, 1.54) is 28.2 Å². The van der Waals surface area contributed by atoms with Crippen LogP contribution in [0.1, 0.15) is 69.6 Å². The molecule has 0 amide bonds. The van der Waals surface area contributed by atoms with Gasteiger partial charge in [0.15, 0.2) is 0 Å². The van der Waals surface area contributed by atoms with E-state index >= 15 is 0 Å². The van der Waals surface area contributed by atoms with Crippen molar-refractivity contribution in [2.75, 3.05) is 0 Å². The van der Waals surface area contributed by atoms with Gasteiger partial charge in [-0.1, -0.05) is 65.8 Å². The van der Waals surface area contributed by atoms with Crippen molar-refractivity contribution in [3.63, 3.8) is 0 Å². The van der Waals surface area contributed by atoms with Crippen molar-refractivity contribution in [2.45, 2.75) is 66.2 Å². The summed E-state index contributed by atoms with van der Waals surface area (Å²) >= 11 is 0. The van der Waals surface area contributed by atoms with Crippen LogP contribution in [-0.4, -0.2) is 10.8 Å². The molecule has 29 heavy (non-hydrogen) atoms. The standard InChI is InChI=1S/C27H34N2/c1-19-17-21(18-28-24-13-9-22(10-14-24)26(3,4)5)20(2)29(19)25-15-11-23(12-16-25)27(6,7)8/h9-18H,1-8H3. The van der Waals surface area contributed by atoms with Crippen LogP contribution in [0.3, 0.4) is 0 Å². The molecule has 0 atom stereocenters. The molecule has 0 spiro atoms. The van der Waals surface area contributed by atoms with E-state index in [1.807, 2.05) is 6.21 Å². The van der Waals surface area contributed by atoms with Gasteiger partial charge in [-0.05, 0) is 66.1 Å². The minimum absolute atomic E-state index is 0.162. The summed E-state index contributed by atoms with van der Waals surface area (Å²) in [6.07, 6.45) is 1.98. The number of aryl methyl sites for hydroxylation is 1. The summed E-state index contributed by atoms with van der Waals surface area (Å²) in [4.78, 5) is 4.72. The summed E-state index contributed by atoms with van der Waals surface area (Å²) in [6, 6.07) is 19.7. The first-order valence-corrected chi connectivity index (χ1v) is 10.4. The summed E-state index contributed by atoms with van der Waals surface area (Å²) in [5, 5.41) is 0. The average Bonchev–Trinajstić information content (AvgIpc) is 2.92. The quantitative estimate of drug-likeness (QED) is 0.416. The Morgan fingerprint density at radius 2 is 1.21 bits per heavy atom. The van der Waals surface area contributed by atoms with Gasteiger partial charge in [0.05, 0.1) is 5.69 Å². The molecule has 2 aromatic carbocycles. The number of rotatable bonds is 3. The maximum absolute atomic E-state index is 4.72. The minimum Gasteiger partial charge on any atom is -0.318 e. The molecule has 0 N–H and O–H groups in total. The van der Waals surface area contributed by atoms with Crippen molar-refractivity contribution in [3.05, 3.63) is 82.7 Å². The van der Waals surface area contributed by atoms with E-state index in [0.29, 0.717) is 0 Å². The molecule has 0 aliphatic rings. The van der Waals surface area contributed by atoms with E-state index in [2.05, 4.69) is 115 Å². The number of hydrogen-bond donors (Lipinski definition) is 0. The predicted octanol–water partition coefficient (Wildman–Crippen LogP) is 7.44. The van der Waals surface area contributed by atoms with Crippen LogP contribution in [0.2, 0.25) is 0 Å². The number of benzene rings is 2. The monoisotopic (exact) mass is 386 g/mol. The molecule has 0 aliphatic heterocycles. The Bertz CT molecular complexity index is 1000. The van der Waals surface area contributed by atoms with Crippen molar-refractivity contribution < 1.29 is 0 Å². The Balaban J connectivity index is 1.87. The van der Waals surface area contributed by atoms with Crippen molar-refractivity contribution in [3.8, 4) is 5.69 Å². The van der Waals surface area contributed by atoms with Crippen LogP contribution in [0.5, 0.6) is 0 Å². The molecular formula is C27H34N2. The van der Waals surface area contributed by atoms with E-state index in [1.54, 1.807) is 0 Å². The van der Waals surface area contributed by atoms with Crippen molar-refractivity contribution in [1.29, 1.82) is 0 Å². The SMILES string of the molecule is Cc1cc(C=Nc2ccc(C(C)(C)C)cc2)c(C)n1-c1ccc(C(C)(C)C)cc1. The van der Waals surface area contributed by atoms with Crippen LogP contribution < -0.4 is 0 Å². The highest BCUT2D eigenvalue weighted by Gasteiger charge is 2.15. The molecule has 2 heteroatoms. The molecule has 3 aromatic rings. The topological polar surface area (TPSA) is 17.3 Å². The van der Waals surface area contributed by atoms with Gasteiger partial charge in [0, 0.05) is 28.9 Å². The van der Waals surface area contributed by atoms with Crippen molar-refractivity contribution in [1.82, 2.24) is 4.57 Å². The molecule has 0 saturated carbocycles. The largest absolute Gasteiger partial charge is 0.318 e. The molecular weight excluding hydrogens is 352 g/mol. The molecule has 152 valence electrons. The molecule has 1 aromatic heterocycles. The first-order valence-electron chi connectivity index (χ1n) is 10.4. The highest BCUT2D eigenvalue weighted by molar-refractivity contribution is 5.84. The zero-order valence-corrected chi connectivity index (χ0v) is 19.2. The lowest BCUT2D eigenvalue weighted by Crippen LogP contribution is -2.11. The Labute approximate surface area is 176 Å². The second-order valence-electron chi connectivity index (χ2n) is 10.0. The Kier molecular flexibility index (Phi) is 5.58. The normalized spacial score (nSPS) is 12.7. The fourth-order valence-corrected chi connectivity index (χ4v) is 3.62. The first kappa shape index (κ1) is 21.1. The molecule has 0 bridgehead atoms. The lowest BCUT2D eigenvalue weighted by molar-refractivity contribution is 0.590. The van der Waals surface area contributed by atoms with Gasteiger partial charge < -0.3 is 4.57 Å². The van der Waals surface area contributed by atoms with Gasteiger partial charge in [0.1, 0.15) is 0 Å². The third-order valence-electron chi connectivity index (χ3n) is 5.55. The van der Waals surface area contributed by atoms with Crippen LogP contribution in [0.15, 0.2) is 59.6 Å². The summed E-state index contributed by atoms with van der Waals surface area (Å²) in [5.41, 5.74) is 8.77. The van der Waals surface area contributed by atoms with Crippen LogP contribution >= 0.6 is 0 Å². The number of hydrogen-bond acceptors (Lipinski definition) is 1. The van der Waals surface area contributed by atoms with Gasteiger partial charge in [-0.3, -0.25) is 4.99 Å². The molecule has 0 aliphatic carbocycles. The number of aliphatic imine (C=N–C) groups is 1. The zero-order valence-electron chi connectivity index (χ0n) is 19.2. The Morgan fingerprint density at radius 3 is 1.69 bits per heavy atom. The van der Waals surface area contributed by atoms with Gasteiger partial charge >= 0.3 is 0 Å². The lowest BCUT2D eigenvalue weighted by Gasteiger charge is -2.20. The third-order valence-corrected chi connectivity index (χ3v) is 5.55. The molecule has 0 unspecified atom stereocenters. The first-order chi connectivity index (χ1) is 13.5. The minimum atomic E-state index is 0.162. The van der Waals surface area contributed by atoms with Gasteiger partial charge in [-0.15, -0.1) is 0 Å². The highest BCUT2D eigenvalue weighted by atomic mass is 15.0. The van der Waals surface area contributed by atoms with E-state index in [0.717, 1.165) is 11.3 Å². The lowest BCUT2D eigenvalue weighted by atomic mass is 9.87. The summed E-state index contributed by atoms with van der Waals surface area (Å²) < 4.78 is 2.30. The molecule has 0 fully saturated rings. The summed E-state index contributed by atoms with van der Waals surface area (Å²) in [5.74, 6) is 0. The van der Waals surface area contributed by atoms with E-state index in [-0.39, 0.29) is 10.8 Å². The maximum atomic E-state index is 4.72. The molecule has 3 rings (SSSR count). The second-order valence-corrected chi connectivity index (χ2v) is 10.0. The fourth-order valence-electron chi connectivity index (χ4n) is 3.62.